The lowest BCUT2D eigenvalue weighted by atomic mass is 10.3. The number of fused-ring (bicyclic) bond motifs is 1. The lowest BCUT2D eigenvalue weighted by Gasteiger charge is -1.88. The van der Waals surface area contributed by atoms with Gasteiger partial charge in [0.2, 0.25) is 6.33 Å². The van der Waals surface area contributed by atoms with Gasteiger partial charge in [-0.2, -0.15) is 0 Å². The Morgan fingerprint density at radius 1 is 1.21 bits per heavy atom. The number of benzene rings is 1. The van der Waals surface area contributed by atoms with Gasteiger partial charge >= 0.3 is 0 Å². The number of imidazole rings is 1. The molecule has 3 heteroatoms. The first-order valence-corrected chi connectivity index (χ1v) is 4.84. The van der Waals surface area contributed by atoms with E-state index in [9.17, 15) is 0 Å². The topological polar surface area (TPSA) is 8.81 Å². The second-order valence-electron chi connectivity index (χ2n) is 3.18. The molecule has 0 N–H and O–H groups in total. The molecule has 1 aromatic heterocycles. The molecule has 0 spiro atoms. The lowest BCUT2D eigenvalue weighted by molar-refractivity contribution is -0.668. The molecule has 1 heterocycles. The normalized spacial score (nSPS) is 10.1. The van der Waals surface area contributed by atoms with Gasteiger partial charge in [-0.25, -0.2) is 9.13 Å². The molecule has 2 aromatic rings. The summed E-state index contributed by atoms with van der Waals surface area (Å²) in [4.78, 5) is 0. The minimum absolute atomic E-state index is 0. The van der Waals surface area contributed by atoms with Crippen LogP contribution in [0.1, 0.15) is 13.8 Å². The van der Waals surface area contributed by atoms with Crippen LogP contribution in [0.2, 0.25) is 0 Å². The molecule has 0 aliphatic heterocycles. The summed E-state index contributed by atoms with van der Waals surface area (Å²) in [7, 11) is 0. The largest absolute Gasteiger partial charge is 1.00 e. The van der Waals surface area contributed by atoms with Gasteiger partial charge in [0, 0.05) is 0 Å². The zero-order chi connectivity index (χ0) is 9.26. The number of para-hydroxylation sites is 2. The van der Waals surface area contributed by atoms with Crippen molar-refractivity contribution in [2.24, 2.45) is 0 Å². The molecular weight excluding hydrogens is 240 g/mol. The Balaban J connectivity index is 0.000000980. The Labute approximate surface area is 94.9 Å². The second kappa shape index (κ2) is 4.60. The highest BCUT2D eigenvalue weighted by atomic mass is 79.9. The maximum Gasteiger partial charge on any atom is 0.244 e. The van der Waals surface area contributed by atoms with E-state index in [1.807, 2.05) is 0 Å². The average Bonchev–Trinajstić information content (AvgIpc) is 2.56. The van der Waals surface area contributed by atoms with Crippen molar-refractivity contribution in [3.8, 4) is 0 Å². The minimum atomic E-state index is 0. The number of aryl methyl sites for hydroxylation is 2. The average molecular weight is 255 g/mol. The molecule has 2 rings (SSSR count). The Morgan fingerprint density at radius 3 is 2.57 bits per heavy atom. The Bertz CT molecular complexity index is 382. The van der Waals surface area contributed by atoms with Gasteiger partial charge in [0.05, 0.1) is 13.1 Å². The van der Waals surface area contributed by atoms with Crippen LogP contribution in [-0.4, -0.2) is 4.57 Å². The predicted molar refractivity (Wildman–Crippen MR) is 53.5 cm³/mol. The van der Waals surface area contributed by atoms with Crippen molar-refractivity contribution < 1.29 is 21.5 Å². The molecule has 0 atom stereocenters. The highest BCUT2D eigenvalue weighted by Crippen LogP contribution is 2.09. The van der Waals surface area contributed by atoms with E-state index in [1.165, 1.54) is 11.0 Å². The summed E-state index contributed by atoms with van der Waals surface area (Å²) in [5.41, 5.74) is 2.65. The first-order chi connectivity index (χ1) is 6.36. The van der Waals surface area contributed by atoms with Crippen molar-refractivity contribution >= 4 is 11.0 Å². The minimum Gasteiger partial charge on any atom is -1.00 e. The standard InChI is InChI=1S/C11H15N2.BrH/c1-3-12-9-13(4-2)11-8-6-5-7-10(11)12;/h5-9H,3-4H2,1-2H3;1H/q+1;/p-1. The molecule has 0 aliphatic rings. The molecule has 76 valence electrons. The van der Waals surface area contributed by atoms with E-state index >= 15 is 0 Å². The number of halogens is 1. The van der Waals surface area contributed by atoms with E-state index in [0.717, 1.165) is 13.1 Å². The molecular formula is C11H15BrN2. The monoisotopic (exact) mass is 254 g/mol. The summed E-state index contributed by atoms with van der Waals surface area (Å²) < 4.78 is 4.55. The number of rotatable bonds is 2. The summed E-state index contributed by atoms with van der Waals surface area (Å²) in [6.45, 7) is 6.42. The highest BCUT2D eigenvalue weighted by molar-refractivity contribution is 5.71. The molecule has 0 saturated heterocycles. The van der Waals surface area contributed by atoms with Gasteiger partial charge in [0.25, 0.3) is 0 Å². The van der Waals surface area contributed by atoms with Gasteiger partial charge in [-0.3, -0.25) is 0 Å². The van der Waals surface area contributed by atoms with Crippen LogP contribution in [0, 0.1) is 0 Å². The number of nitrogens with zero attached hydrogens (tertiary/aromatic N) is 2. The van der Waals surface area contributed by atoms with E-state index in [1.54, 1.807) is 0 Å². The van der Waals surface area contributed by atoms with Crippen molar-refractivity contribution in [3.05, 3.63) is 30.6 Å². The molecule has 0 fully saturated rings. The fourth-order valence-electron chi connectivity index (χ4n) is 1.75. The van der Waals surface area contributed by atoms with Crippen LogP contribution >= 0.6 is 0 Å². The number of aromatic nitrogens is 2. The van der Waals surface area contributed by atoms with Gasteiger partial charge in [0.1, 0.15) is 0 Å². The van der Waals surface area contributed by atoms with Crippen LogP contribution in [0.4, 0.5) is 0 Å². The smallest absolute Gasteiger partial charge is 0.244 e. The van der Waals surface area contributed by atoms with Crippen LogP contribution in [0.25, 0.3) is 11.0 Å². The zero-order valence-electron chi connectivity index (χ0n) is 8.57. The van der Waals surface area contributed by atoms with E-state index in [4.69, 9.17) is 0 Å². The van der Waals surface area contributed by atoms with E-state index in [0.29, 0.717) is 0 Å². The van der Waals surface area contributed by atoms with E-state index in [2.05, 4.69) is 53.6 Å². The van der Waals surface area contributed by atoms with Crippen molar-refractivity contribution in [1.82, 2.24) is 4.57 Å². The highest BCUT2D eigenvalue weighted by Gasteiger charge is 2.11. The molecule has 14 heavy (non-hydrogen) atoms. The van der Waals surface area contributed by atoms with Gasteiger partial charge in [-0.1, -0.05) is 12.1 Å². The molecule has 0 bridgehead atoms. The summed E-state index contributed by atoms with van der Waals surface area (Å²) in [5, 5.41) is 0. The molecule has 0 aliphatic carbocycles. The lowest BCUT2D eigenvalue weighted by Crippen LogP contribution is -3.00. The van der Waals surface area contributed by atoms with Gasteiger partial charge in [0.15, 0.2) is 11.0 Å². The summed E-state index contributed by atoms with van der Waals surface area (Å²) in [5.74, 6) is 0. The molecule has 0 saturated carbocycles. The Hall–Kier alpha value is -0.830. The SMILES string of the molecule is CCn1c[n+](CC)c2ccccc21.[Br-]. The third-order valence-electron chi connectivity index (χ3n) is 2.46. The Kier molecular flexibility index (Phi) is 3.69. The fourth-order valence-corrected chi connectivity index (χ4v) is 1.75. The summed E-state index contributed by atoms with van der Waals surface area (Å²) in [6.07, 6.45) is 2.19. The summed E-state index contributed by atoms with van der Waals surface area (Å²) in [6, 6.07) is 8.53. The molecule has 0 unspecified atom stereocenters. The maximum absolute atomic E-state index is 2.28. The number of hydrogen-bond donors (Lipinski definition) is 0. The third-order valence-corrected chi connectivity index (χ3v) is 2.46. The van der Waals surface area contributed by atoms with Crippen LogP contribution in [0.3, 0.4) is 0 Å². The second-order valence-corrected chi connectivity index (χ2v) is 3.18. The van der Waals surface area contributed by atoms with E-state index in [-0.39, 0.29) is 17.0 Å². The van der Waals surface area contributed by atoms with Crippen LogP contribution < -0.4 is 21.5 Å². The molecule has 0 radical (unpaired) electrons. The quantitative estimate of drug-likeness (QED) is 0.607. The summed E-state index contributed by atoms with van der Waals surface area (Å²) >= 11 is 0. The zero-order valence-corrected chi connectivity index (χ0v) is 10.2. The molecule has 0 amide bonds. The molecule has 1 aromatic carbocycles. The first-order valence-electron chi connectivity index (χ1n) is 4.84. The van der Waals surface area contributed by atoms with Gasteiger partial charge < -0.3 is 17.0 Å². The molecule has 2 nitrogen and oxygen atoms in total. The van der Waals surface area contributed by atoms with Crippen LogP contribution in [-0.2, 0) is 13.1 Å². The van der Waals surface area contributed by atoms with Crippen LogP contribution in [0.5, 0.6) is 0 Å². The van der Waals surface area contributed by atoms with Gasteiger partial charge in [-0.15, -0.1) is 0 Å². The predicted octanol–water partition coefficient (Wildman–Crippen LogP) is -1.03. The number of hydrogen-bond acceptors (Lipinski definition) is 0. The fraction of sp³-hybridized carbons (Fsp3) is 0.364. The maximum atomic E-state index is 2.28. The third kappa shape index (κ3) is 1.69. The van der Waals surface area contributed by atoms with E-state index < -0.39 is 0 Å². The van der Waals surface area contributed by atoms with Gasteiger partial charge in [-0.05, 0) is 26.0 Å². The van der Waals surface area contributed by atoms with Crippen molar-refractivity contribution in [1.29, 1.82) is 0 Å². The van der Waals surface area contributed by atoms with Crippen molar-refractivity contribution in [2.75, 3.05) is 0 Å². The van der Waals surface area contributed by atoms with Crippen molar-refractivity contribution in [3.63, 3.8) is 0 Å². The van der Waals surface area contributed by atoms with Crippen molar-refractivity contribution in [2.45, 2.75) is 26.9 Å². The van der Waals surface area contributed by atoms with Crippen LogP contribution in [0.15, 0.2) is 30.6 Å². The Morgan fingerprint density at radius 2 is 1.93 bits per heavy atom. The first kappa shape index (κ1) is 11.2.